The van der Waals surface area contributed by atoms with Crippen molar-refractivity contribution in [2.45, 2.75) is 37.6 Å². The molecular formula is C21H20F3N7O. The minimum absolute atomic E-state index is 0.146. The van der Waals surface area contributed by atoms with E-state index in [9.17, 15) is 18.3 Å². The fourth-order valence-electron chi connectivity index (χ4n) is 3.98. The lowest BCUT2D eigenvalue weighted by molar-refractivity contribution is -0.137. The van der Waals surface area contributed by atoms with E-state index in [2.05, 4.69) is 25.6 Å². The van der Waals surface area contributed by atoms with Gasteiger partial charge in [0.25, 0.3) is 0 Å². The van der Waals surface area contributed by atoms with E-state index in [0.717, 1.165) is 25.0 Å². The number of alkyl halides is 3. The summed E-state index contributed by atoms with van der Waals surface area (Å²) in [6.45, 7) is 0. The van der Waals surface area contributed by atoms with Crippen molar-refractivity contribution in [3.63, 3.8) is 0 Å². The summed E-state index contributed by atoms with van der Waals surface area (Å²) in [5.41, 5.74) is 1.93. The molecule has 8 nitrogen and oxygen atoms in total. The molecule has 4 aromatic rings. The highest BCUT2D eigenvalue weighted by molar-refractivity contribution is 5.77. The van der Waals surface area contributed by atoms with Crippen molar-refractivity contribution in [3.8, 4) is 22.5 Å². The Bertz CT molecular complexity index is 1260. The minimum Gasteiger partial charge on any atom is -0.391 e. The van der Waals surface area contributed by atoms with Crippen LogP contribution in [-0.2, 0) is 13.2 Å². The molecule has 3 aromatic heterocycles. The zero-order valence-electron chi connectivity index (χ0n) is 17.1. The Balaban J connectivity index is 1.63. The van der Waals surface area contributed by atoms with Crippen LogP contribution in [0.2, 0.25) is 0 Å². The Hall–Kier alpha value is -3.47. The average Bonchev–Trinajstić information content (AvgIpc) is 3.48. The van der Waals surface area contributed by atoms with Gasteiger partial charge in [0.1, 0.15) is 5.69 Å². The summed E-state index contributed by atoms with van der Waals surface area (Å²) in [7, 11) is 1.78. The highest BCUT2D eigenvalue weighted by Gasteiger charge is 2.30. The molecule has 32 heavy (non-hydrogen) atoms. The quantitative estimate of drug-likeness (QED) is 0.501. The lowest BCUT2D eigenvalue weighted by Crippen LogP contribution is -2.28. The number of benzene rings is 1. The molecule has 1 saturated carbocycles. The molecule has 0 bridgehead atoms. The third-order valence-electron chi connectivity index (χ3n) is 5.67. The van der Waals surface area contributed by atoms with Crippen LogP contribution in [0.3, 0.4) is 0 Å². The van der Waals surface area contributed by atoms with Crippen molar-refractivity contribution in [3.05, 3.63) is 48.4 Å². The van der Waals surface area contributed by atoms with Crippen LogP contribution in [0.1, 0.15) is 24.8 Å². The maximum Gasteiger partial charge on any atom is 0.416 e. The van der Waals surface area contributed by atoms with Gasteiger partial charge in [-0.3, -0.25) is 9.08 Å². The molecule has 1 aliphatic rings. The number of anilines is 1. The summed E-state index contributed by atoms with van der Waals surface area (Å²) >= 11 is 0. The van der Waals surface area contributed by atoms with E-state index in [4.69, 9.17) is 0 Å². The summed E-state index contributed by atoms with van der Waals surface area (Å²) in [6, 6.07) is 4.70. The van der Waals surface area contributed by atoms with Gasteiger partial charge in [-0.1, -0.05) is 12.1 Å². The highest BCUT2D eigenvalue weighted by Crippen LogP contribution is 2.32. The largest absolute Gasteiger partial charge is 0.416 e. The Morgan fingerprint density at radius 2 is 1.84 bits per heavy atom. The van der Waals surface area contributed by atoms with Crippen LogP contribution >= 0.6 is 0 Å². The Kier molecular flexibility index (Phi) is 4.85. The monoisotopic (exact) mass is 443 g/mol. The molecule has 0 unspecified atom stereocenters. The van der Waals surface area contributed by atoms with Gasteiger partial charge < -0.3 is 10.4 Å². The first-order valence-corrected chi connectivity index (χ1v) is 10.2. The number of aliphatic hydroxyl groups excluding tert-OH is 1. The molecule has 5 rings (SSSR count). The van der Waals surface area contributed by atoms with Gasteiger partial charge in [-0.2, -0.15) is 18.3 Å². The number of aromatic nitrogens is 6. The van der Waals surface area contributed by atoms with Gasteiger partial charge in [-0.05, 0) is 31.4 Å². The zero-order chi connectivity index (χ0) is 22.5. The SMILES string of the molecule is Cn1cc(-c2nc(-c3ccc(C(F)(F)F)cc3)cn3c(N[C@H]4CCC[C@H]4O)nnc23)cn1. The highest BCUT2D eigenvalue weighted by atomic mass is 19.4. The fourth-order valence-corrected chi connectivity index (χ4v) is 3.98. The smallest absolute Gasteiger partial charge is 0.391 e. The van der Waals surface area contributed by atoms with E-state index in [0.29, 0.717) is 40.5 Å². The van der Waals surface area contributed by atoms with Gasteiger partial charge in [-0.25, -0.2) is 4.98 Å². The molecule has 0 aliphatic heterocycles. The van der Waals surface area contributed by atoms with Crippen LogP contribution in [0, 0.1) is 0 Å². The van der Waals surface area contributed by atoms with Gasteiger partial charge in [0.2, 0.25) is 5.95 Å². The van der Waals surface area contributed by atoms with Gasteiger partial charge in [0.05, 0.1) is 29.6 Å². The Morgan fingerprint density at radius 1 is 1.06 bits per heavy atom. The Morgan fingerprint density at radius 3 is 2.47 bits per heavy atom. The van der Waals surface area contributed by atoms with Crippen LogP contribution in [-0.4, -0.2) is 46.6 Å². The van der Waals surface area contributed by atoms with Gasteiger partial charge in [-0.15, -0.1) is 10.2 Å². The number of nitrogens with zero attached hydrogens (tertiary/aromatic N) is 6. The first-order chi connectivity index (χ1) is 15.3. The lowest BCUT2D eigenvalue weighted by Gasteiger charge is -2.16. The van der Waals surface area contributed by atoms with Crippen molar-refractivity contribution in [1.82, 2.24) is 29.4 Å². The number of hydrogen-bond donors (Lipinski definition) is 2. The molecule has 0 spiro atoms. The summed E-state index contributed by atoms with van der Waals surface area (Å²) in [5.74, 6) is 0.437. The summed E-state index contributed by atoms with van der Waals surface area (Å²) < 4.78 is 42.3. The van der Waals surface area contributed by atoms with Crippen molar-refractivity contribution in [2.75, 3.05) is 5.32 Å². The standard InChI is InChI=1S/C21H20F3N7O/c1-30-10-13(9-25-30)18-19-28-29-20(27-15-3-2-4-17(15)32)31(19)11-16(26-18)12-5-7-14(8-6-12)21(22,23)24/h5-11,15,17,32H,2-4H2,1H3,(H,27,29)/t15-,17+/m0/s1. The topological polar surface area (TPSA) is 93.2 Å². The molecule has 166 valence electrons. The average molecular weight is 443 g/mol. The fraction of sp³-hybridized carbons (Fsp3) is 0.333. The van der Waals surface area contributed by atoms with E-state index in [1.807, 2.05) is 0 Å². The summed E-state index contributed by atoms with van der Waals surface area (Å²) in [5, 5.41) is 26.1. The van der Waals surface area contributed by atoms with Crippen LogP contribution in [0.5, 0.6) is 0 Å². The Labute approximate surface area is 180 Å². The molecule has 2 atom stereocenters. The number of nitrogens with one attached hydrogen (secondary N) is 1. The maximum absolute atomic E-state index is 13.0. The lowest BCUT2D eigenvalue weighted by atomic mass is 10.1. The molecule has 11 heteroatoms. The van der Waals surface area contributed by atoms with Crippen molar-refractivity contribution in [2.24, 2.45) is 7.05 Å². The van der Waals surface area contributed by atoms with Gasteiger partial charge >= 0.3 is 6.18 Å². The number of rotatable bonds is 4. The van der Waals surface area contributed by atoms with E-state index >= 15 is 0 Å². The van der Waals surface area contributed by atoms with Crippen LogP contribution in [0.4, 0.5) is 19.1 Å². The molecular weight excluding hydrogens is 423 g/mol. The molecule has 3 heterocycles. The first kappa shape index (κ1) is 20.4. The van der Waals surface area contributed by atoms with E-state index in [-0.39, 0.29) is 6.04 Å². The molecule has 0 saturated heterocycles. The molecule has 2 N–H and O–H groups in total. The number of aryl methyl sites for hydroxylation is 1. The summed E-state index contributed by atoms with van der Waals surface area (Å²) in [6.07, 6.45) is 2.65. The van der Waals surface area contributed by atoms with E-state index in [1.54, 1.807) is 34.7 Å². The van der Waals surface area contributed by atoms with E-state index in [1.165, 1.54) is 12.1 Å². The summed E-state index contributed by atoms with van der Waals surface area (Å²) in [4.78, 5) is 4.67. The third kappa shape index (κ3) is 3.68. The number of hydrogen-bond acceptors (Lipinski definition) is 6. The van der Waals surface area contributed by atoms with Crippen molar-refractivity contribution < 1.29 is 18.3 Å². The van der Waals surface area contributed by atoms with E-state index < -0.39 is 17.8 Å². The minimum atomic E-state index is -4.41. The predicted octanol–water partition coefficient (Wildman–Crippen LogP) is 3.54. The molecule has 0 amide bonds. The maximum atomic E-state index is 13.0. The van der Waals surface area contributed by atoms with Crippen molar-refractivity contribution >= 4 is 11.6 Å². The normalized spacial score (nSPS) is 19.0. The zero-order valence-corrected chi connectivity index (χ0v) is 17.1. The first-order valence-electron chi connectivity index (χ1n) is 10.2. The molecule has 1 fully saturated rings. The second-order valence-electron chi connectivity index (χ2n) is 7.92. The van der Waals surface area contributed by atoms with Gasteiger partial charge in [0.15, 0.2) is 5.65 Å². The third-order valence-corrected chi connectivity index (χ3v) is 5.67. The van der Waals surface area contributed by atoms with Crippen LogP contribution in [0.25, 0.3) is 28.2 Å². The predicted molar refractivity (Wildman–Crippen MR) is 111 cm³/mol. The second-order valence-corrected chi connectivity index (χ2v) is 7.92. The van der Waals surface area contributed by atoms with Crippen LogP contribution in [0.15, 0.2) is 42.9 Å². The van der Waals surface area contributed by atoms with Crippen molar-refractivity contribution in [1.29, 1.82) is 0 Å². The second kappa shape index (κ2) is 7.59. The number of fused-ring (bicyclic) bond motifs is 1. The van der Waals surface area contributed by atoms with Crippen LogP contribution < -0.4 is 5.32 Å². The van der Waals surface area contributed by atoms with Gasteiger partial charge in [0, 0.05) is 30.6 Å². The number of halogens is 3. The molecule has 1 aromatic carbocycles. The molecule has 1 aliphatic carbocycles. The number of aliphatic hydroxyl groups is 1. The molecule has 0 radical (unpaired) electrons.